The molecule has 1 atom stereocenters. The van der Waals surface area contributed by atoms with Crippen LogP contribution in [0.25, 0.3) is 0 Å². The maximum atomic E-state index is 13.1. The monoisotopic (exact) mass is 258 g/mol. The molecule has 96 valence electrons. The second kappa shape index (κ2) is 4.04. The van der Waals surface area contributed by atoms with Crippen molar-refractivity contribution >= 4 is 5.97 Å². The van der Waals surface area contributed by atoms with Crippen molar-refractivity contribution in [1.82, 2.24) is 0 Å². The topological polar surface area (TPSA) is 35.5 Å². The maximum Gasteiger partial charge on any atom is 0.436 e. The Morgan fingerprint density at radius 3 is 2.22 bits per heavy atom. The molecule has 0 bridgehead atoms. The number of carbonyl (C=O) groups is 1. The van der Waals surface area contributed by atoms with E-state index in [9.17, 15) is 18.0 Å². The first kappa shape index (κ1) is 12.5. The lowest BCUT2D eigenvalue weighted by Gasteiger charge is -2.29. The number of hydrogen-bond donors (Lipinski definition) is 0. The average Bonchev–Trinajstić information content (AvgIpc) is 2.72. The van der Waals surface area contributed by atoms with Gasteiger partial charge in [-0.2, -0.15) is 13.2 Å². The highest BCUT2D eigenvalue weighted by molar-refractivity contribution is 5.85. The Labute approximate surface area is 101 Å². The number of alkyl halides is 3. The molecule has 0 fully saturated rings. The van der Waals surface area contributed by atoms with E-state index in [0.29, 0.717) is 5.75 Å². The molecular formula is C12H9F3O3. The number of methoxy groups -OCH3 is 1. The van der Waals surface area contributed by atoms with E-state index >= 15 is 0 Å². The van der Waals surface area contributed by atoms with Gasteiger partial charge in [0.2, 0.25) is 0 Å². The molecule has 1 aromatic carbocycles. The Morgan fingerprint density at radius 1 is 1.22 bits per heavy atom. The fourth-order valence-corrected chi connectivity index (χ4v) is 1.72. The summed E-state index contributed by atoms with van der Waals surface area (Å²) in [5, 5.41) is 0. The maximum absolute atomic E-state index is 13.1. The van der Waals surface area contributed by atoms with E-state index in [1.807, 2.05) is 0 Å². The summed E-state index contributed by atoms with van der Waals surface area (Å²) in [5.74, 6) is -0.590. The van der Waals surface area contributed by atoms with Crippen LogP contribution in [0.15, 0.2) is 36.4 Å². The van der Waals surface area contributed by atoms with Gasteiger partial charge in [0.15, 0.2) is 0 Å². The van der Waals surface area contributed by atoms with Gasteiger partial charge in [-0.1, -0.05) is 12.1 Å². The summed E-state index contributed by atoms with van der Waals surface area (Å²) in [7, 11) is 1.41. The average molecular weight is 258 g/mol. The normalized spacial score (nSPS) is 23.0. The van der Waals surface area contributed by atoms with Crippen LogP contribution in [0.5, 0.6) is 5.75 Å². The Balaban J connectivity index is 2.48. The molecular weight excluding hydrogens is 249 g/mol. The Morgan fingerprint density at radius 2 is 1.83 bits per heavy atom. The van der Waals surface area contributed by atoms with E-state index < -0.39 is 17.7 Å². The highest BCUT2D eigenvalue weighted by atomic mass is 19.4. The van der Waals surface area contributed by atoms with Crippen molar-refractivity contribution < 1.29 is 27.4 Å². The summed E-state index contributed by atoms with van der Waals surface area (Å²) in [6.45, 7) is 0. The van der Waals surface area contributed by atoms with Crippen LogP contribution in [-0.4, -0.2) is 19.3 Å². The van der Waals surface area contributed by atoms with E-state index in [4.69, 9.17) is 4.74 Å². The Kier molecular flexibility index (Phi) is 2.80. The molecule has 0 spiro atoms. The molecule has 0 saturated heterocycles. The van der Waals surface area contributed by atoms with E-state index in [0.717, 1.165) is 12.2 Å². The van der Waals surface area contributed by atoms with Gasteiger partial charge < -0.3 is 9.47 Å². The largest absolute Gasteiger partial charge is 0.497 e. The number of rotatable bonds is 2. The van der Waals surface area contributed by atoms with E-state index in [2.05, 4.69) is 4.74 Å². The summed E-state index contributed by atoms with van der Waals surface area (Å²) >= 11 is 0. The summed E-state index contributed by atoms with van der Waals surface area (Å²) in [5.41, 5.74) is -2.87. The zero-order valence-corrected chi connectivity index (χ0v) is 9.32. The number of ether oxygens (including phenoxy) is 2. The molecule has 18 heavy (non-hydrogen) atoms. The minimum absolute atomic E-state index is 0.169. The highest BCUT2D eigenvalue weighted by Gasteiger charge is 2.59. The quantitative estimate of drug-likeness (QED) is 0.765. The molecule has 1 aliphatic rings. The molecule has 2 rings (SSSR count). The van der Waals surface area contributed by atoms with Crippen LogP contribution in [-0.2, 0) is 15.1 Å². The summed E-state index contributed by atoms with van der Waals surface area (Å²) in [6.07, 6.45) is -3.22. The van der Waals surface area contributed by atoms with Crippen LogP contribution in [0.1, 0.15) is 5.56 Å². The molecule has 1 aromatic rings. The number of benzene rings is 1. The molecule has 0 amide bonds. The lowest BCUT2D eigenvalue weighted by Crippen LogP contribution is -2.41. The fourth-order valence-electron chi connectivity index (χ4n) is 1.72. The van der Waals surface area contributed by atoms with E-state index in [1.165, 1.54) is 31.4 Å². The summed E-state index contributed by atoms with van der Waals surface area (Å²) in [4.78, 5) is 11.0. The third-order valence-corrected chi connectivity index (χ3v) is 2.66. The first-order chi connectivity index (χ1) is 8.39. The zero-order valence-electron chi connectivity index (χ0n) is 9.32. The minimum Gasteiger partial charge on any atom is -0.497 e. The summed E-state index contributed by atoms with van der Waals surface area (Å²) in [6, 6.07) is 5.19. The molecule has 0 radical (unpaired) electrons. The van der Waals surface area contributed by atoms with Crippen molar-refractivity contribution in [1.29, 1.82) is 0 Å². The predicted molar refractivity (Wildman–Crippen MR) is 56.0 cm³/mol. The van der Waals surface area contributed by atoms with Crippen molar-refractivity contribution in [2.75, 3.05) is 7.11 Å². The van der Waals surface area contributed by atoms with Gasteiger partial charge in [0.25, 0.3) is 5.60 Å². The summed E-state index contributed by atoms with van der Waals surface area (Å²) < 4.78 is 48.6. The van der Waals surface area contributed by atoms with Crippen LogP contribution in [0, 0.1) is 0 Å². The second-order valence-electron chi connectivity index (χ2n) is 3.72. The van der Waals surface area contributed by atoms with Crippen molar-refractivity contribution in [3.63, 3.8) is 0 Å². The van der Waals surface area contributed by atoms with Gasteiger partial charge >= 0.3 is 12.1 Å². The van der Waals surface area contributed by atoms with Crippen molar-refractivity contribution in [2.45, 2.75) is 11.8 Å². The first-order valence-electron chi connectivity index (χ1n) is 5.02. The Bertz CT molecular complexity index is 490. The van der Waals surface area contributed by atoms with Gasteiger partial charge in [-0.05, 0) is 18.2 Å². The highest BCUT2D eigenvalue weighted by Crippen LogP contribution is 2.46. The van der Waals surface area contributed by atoms with Crippen LogP contribution >= 0.6 is 0 Å². The van der Waals surface area contributed by atoms with Crippen LogP contribution in [0.3, 0.4) is 0 Å². The van der Waals surface area contributed by atoms with Crippen LogP contribution in [0.4, 0.5) is 13.2 Å². The number of esters is 1. The predicted octanol–water partition coefficient (Wildman–Crippen LogP) is 2.57. The number of hydrogen-bond acceptors (Lipinski definition) is 3. The van der Waals surface area contributed by atoms with Gasteiger partial charge in [-0.15, -0.1) is 0 Å². The number of halogens is 3. The van der Waals surface area contributed by atoms with Gasteiger partial charge in [-0.3, -0.25) is 0 Å². The van der Waals surface area contributed by atoms with Crippen LogP contribution < -0.4 is 4.74 Å². The van der Waals surface area contributed by atoms with Crippen LogP contribution in [0.2, 0.25) is 0 Å². The van der Waals surface area contributed by atoms with Crippen molar-refractivity contribution in [3.05, 3.63) is 42.0 Å². The molecule has 0 saturated carbocycles. The van der Waals surface area contributed by atoms with Crippen molar-refractivity contribution in [2.24, 2.45) is 0 Å². The molecule has 1 aliphatic heterocycles. The lowest BCUT2D eigenvalue weighted by atomic mass is 9.93. The molecule has 6 heteroatoms. The minimum atomic E-state index is -4.72. The number of cyclic esters (lactones) is 1. The van der Waals surface area contributed by atoms with Gasteiger partial charge in [0.1, 0.15) is 5.75 Å². The molecule has 1 heterocycles. The van der Waals surface area contributed by atoms with Crippen molar-refractivity contribution in [3.8, 4) is 5.75 Å². The lowest BCUT2D eigenvalue weighted by molar-refractivity contribution is -0.250. The molecule has 0 N–H and O–H groups in total. The van der Waals surface area contributed by atoms with Gasteiger partial charge in [-0.25, -0.2) is 4.79 Å². The second-order valence-corrected chi connectivity index (χ2v) is 3.72. The fraction of sp³-hybridized carbons (Fsp3) is 0.250. The van der Waals surface area contributed by atoms with E-state index in [1.54, 1.807) is 0 Å². The smallest absolute Gasteiger partial charge is 0.436 e. The zero-order chi connectivity index (χ0) is 13.4. The molecule has 3 nitrogen and oxygen atoms in total. The standard InChI is InChI=1S/C12H9F3O3/c1-17-9-4-2-8(3-5-9)11(12(13,14)15)7-6-10(16)18-11/h2-7H,1H3/t11-/m1/s1. The molecule has 0 aromatic heterocycles. The Hall–Kier alpha value is -1.98. The van der Waals surface area contributed by atoms with Gasteiger partial charge in [0.05, 0.1) is 7.11 Å². The third kappa shape index (κ3) is 1.83. The van der Waals surface area contributed by atoms with E-state index in [-0.39, 0.29) is 5.56 Å². The number of carbonyl (C=O) groups excluding carboxylic acids is 1. The molecule has 0 unspecified atom stereocenters. The molecule has 0 aliphatic carbocycles. The first-order valence-corrected chi connectivity index (χ1v) is 5.02. The third-order valence-electron chi connectivity index (χ3n) is 2.66. The SMILES string of the molecule is COc1ccc([C@@]2(C(F)(F)F)C=CC(=O)O2)cc1. The van der Waals surface area contributed by atoms with Gasteiger partial charge in [0, 0.05) is 11.6 Å².